The molecule has 0 aliphatic carbocycles. The molecular formula is C20H31NO5S. The smallest absolute Gasteiger partial charge is 0.410 e. The first-order valence-electron chi connectivity index (χ1n) is 9.27. The summed E-state index contributed by atoms with van der Waals surface area (Å²) < 4.78 is 35.5. The quantitative estimate of drug-likeness (QED) is 0.715. The number of likely N-dealkylation sites (tertiary alicyclic amines) is 1. The van der Waals surface area contributed by atoms with Crippen molar-refractivity contribution >= 4 is 16.2 Å². The molecule has 0 spiro atoms. The molecule has 1 heterocycles. The van der Waals surface area contributed by atoms with E-state index in [0.29, 0.717) is 19.4 Å². The molecule has 0 unspecified atom stereocenters. The third kappa shape index (κ3) is 5.94. The van der Waals surface area contributed by atoms with Crippen LogP contribution in [0.15, 0.2) is 29.2 Å². The van der Waals surface area contributed by atoms with Gasteiger partial charge in [-0.1, -0.05) is 17.7 Å². The van der Waals surface area contributed by atoms with E-state index in [1.54, 1.807) is 29.2 Å². The summed E-state index contributed by atoms with van der Waals surface area (Å²) in [5.74, 6) is 0.0545. The summed E-state index contributed by atoms with van der Waals surface area (Å²) in [6.45, 7) is 12.0. The van der Waals surface area contributed by atoms with E-state index in [-0.39, 0.29) is 23.5 Å². The molecule has 1 aromatic rings. The molecule has 1 aliphatic heterocycles. The van der Waals surface area contributed by atoms with E-state index in [1.807, 2.05) is 41.5 Å². The molecule has 27 heavy (non-hydrogen) atoms. The maximum absolute atomic E-state index is 12.4. The van der Waals surface area contributed by atoms with Gasteiger partial charge in [0.2, 0.25) is 0 Å². The lowest BCUT2D eigenvalue weighted by Crippen LogP contribution is -2.54. The van der Waals surface area contributed by atoms with Crippen molar-refractivity contribution in [1.82, 2.24) is 4.90 Å². The SMILES string of the molecule is Cc1ccc(S(=O)(=O)OC[C@@H]2CCN(C(=O)OC(C)(C)C)C(C)(C)C2)cc1. The molecule has 7 heteroatoms. The van der Waals surface area contributed by atoms with E-state index in [2.05, 4.69) is 0 Å². The lowest BCUT2D eigenvalue weighted by Gasteiger charge is -2.45. The van der Waals surface area contributed by atoms with Gasteiger partial charge >= 0.3 is 6.09 Å². The summed E-state index contributed by atoms with van der Waals surface area (Å²) in [6, 6.07) is 6.61. The van der Waals surface area contributed by atoms with Crippen molar-refractivity contribution in [1.29, 1.82) is 0 Å². The maximum atomic E-state index is 12.4. The number of benzene rings is 1. The highest BCUT2D eigenvalue weighted by Crippen LogP contribution is 2.33. The number of hydrogen-bond acceptors (Lipinski definition) is 5. The number of nitrogens with zero attached hydrogens (tertiary/aromatic N) is 1. The van der Waals surface area contributed by atoms with Gasteiger partial charge in [0.15, 0.2) is 0 Å². The molecule has 1 aliphatic rings. The zero-order chi connectivity index (χ0) is 20.5. The molecule has 1 atom stereocenters. The van der Waals surface area contributed by atoms with Gasteiger partial charge in [-0.2, -0.15) is 8.42 Å². The standard InChI is InChI=1S/C20H31NO5S/c1-15-7-9-17(10-8-15)27(23,24)25-14-16-11-12-21(20(5,6)13-16)18(22)26-19(2,3)4/h7-10,16H,11-14H2,1-6H3/t16-/m1/s1. The van der Waals surface area contributed by atoms with Crippen LogP contribution in [-0.2, 0) is 19.0 Å². The molecule has 2 rings (SSSR count). The predicted octanol–water partition coefficient (Wildman–Crippen LogP) is 4.13. The predicted molar refractivity (Wildman–Crippen MR) is 104 cm³/mol. The zero-order valence-electron chi connectivity index (χ0n) is 17.1. The summed E-state index contributed by atoms with van der Waals surface area (Å²) >= 11 is 0. The molecule has 1 amide bonds. The summed E-state index contributed by atoms with van der Waals surface area (Å²) in [7, 11) is -3.77. The Bertz CT molecular complexity index is 763. The van der Waals surface area contributed by atoms with Crippen molar-refractivity contribution in [3.8, 4) is 0 Å². The van der Waals surface area contributed by atoms with Crippen LogP contribution >= 0.6 is 0 Å². The second-order valence-corrected chi connectivity index (χ2v) is 10.5. The van der Waals surface area contributed by atoms with Gasteiger partial charge in [0.25, 0.3) is 10.1 Å². The second kappa shape index (κ2) is 7.80. The number of hydrogen-bond donors (Lipinski definition) is 0. The second-order valence-electron chi connectivity index (χ2n) is 8.85. The Morgan fingerprint density at radius 1 is 1.22 bits per heavy atom. The molecule has 152 valence electrons. The summed E-state index contributed by atoms with van der Waals surface area (Å²) in [5, 5.41) is 0. The molecule has 0 saturated carbocycles. The van der Waals surface area contributed by atoms with Crippen LogP contribution in [-0.4, -0.2) is 43.7 Å². The average molecular weight is 398 g/mol. The van der Waals surface area contributed by atoms with Gasteiger partial charge < -0.3 is 9.64 Å². The lowest BCUT2D eigenvalue weighted by molar-refractivity contribution is -0.0185. The Balaban J connectivity index is 1.97. The third-order valence-electron chi connectivity index (χ3n) is 4.66. The molecule has 0 aromatic heterocycles. The van der Waals surface area contributed by atoms with Gasteiger partial charge in [-0.25, -0.2) is 4.79 Å². The Morgan fingerprint density at radius 2 is 1.81 bits per heavy atom. The first kappa shape index (κ1) is 21.7. The van der Waals surface area contributed by atoms with Gasteiger partial charge in [0.1, 0.15) is 5.60 Å². The highest BCUT2D eigenvalue weighted by molar-refractivity contribution is 7.86. The third-order valence-corrected chi connectivity index (χ3v) is 5.96. The molecule has 0 bridgehead atoms. The van der Waals surface area contributed by atoms with Gasteiger partial charge in [0.05, 0.1) is 11.5 Å². The van der Waals surface area contributed by atoms with Crippen LogP contribution in [0.3, 0.4) is 0 Å². The fraction of sp³-hybridized carbons (Fsp3) is 0.650. The van der Waals surface area contributed by atoms with Gasteiger partial charge in [-0.05, 0) is 72.4 Å². The van der Waals surface area contributed by atoms with Gasteiger partial charge in [0, 0.05) is 12.1 Å². The molecule has 0 radical (unpaired) electrons. The maximum Gasteiger partial charge on any atom is 0.410 e. The monoisotopic (exact) mass is 397 g/mol. The van der Waals surface area contributed by atoms with Crippen LogP contribution in [0.25, 0.3) is 0 Å². The molecule has 0 N–H and O–H groups in total. The van der Waals surface area contributed by atoms with E-state index in [0.717, 1.165) is 5.56 Å². The van der Waals surface area contributed by atoms with Crippen LogP contribution in [0, 0.1) is 12.8 Å². The Hall–Kier alpha value is -1.60. The number of aryl methyl sites for hydroxylation is 1. The van der Waals surface area contributed by atoms with Crippen LogP contribution in [0.5, 0.6) is 0 Å². The lowest BCUT2D eigenvalue weighted by atomic mass is 9.83. The van der Waals surface area contributed by atoms with Gasteiger partial charge in [-0.15, -0.1) is 0 Å². The normalized spacial score (nSPS) is 20.4. The first-order chi connectivity index (χ1) is 12.3. The highest BCUT2D eigenvalue weighted by Gasteiger charge is 2.40. The van der Waals surface area contributed by atoms with Crippen molar-refractivity contribution in [2.45, 2.75) is 70.4 Å². The number of rotatable bonds is 4. The van der Waals surface area contributed by atoms with Crippen LogP contribution in [0.4, 0.5) is 4.79 Å². The number of piperidine rings is 1. The van der Waals surface area contributed by atoms with Crippen molar-refractivity contribution < 1.29 is 22.1 Å². The van der Waals surface area contributed by atoms with Crippen molar-refractivity contribution in [3.63, 3.8) is 0 Å². The fourth-order valence-electron chi connectivity index (χ4n) is 3.29. The average Bonchev–Trinajstić information content (AvgIpc) is 2.51. The number of amides is 1. The van der Waals surface area contributed by atoms with Crippen molar-refractivity contribution in [2.75, 3.05) is 13.2 Å². The van der Waals surface area contributed by atoms with Crippen LogP contribution in [0.1, 0.15) is 53.0 Å². The number of ether oxygens (including phenoxy) is 1. The number of carbonyl (C=O) groups is 1. The Labute approximate surface area is 163 Å². The summed E-state index contributed by atoms with van der Waals surface area (Å²) in [4.78, 5) is 14.3. The molecule has 6 nitrogen and oxygen atoms in total. The molecular weight excluding hydrogens is 366 g/mol. The highest BCUT2D eigenvalue weighted by atomic mass is 32.2. The minimum absolute atomic E-state index is 0.0545. The van der Waals surface area contributed by atoms with Crippen LogP contribution < -0.4 is 0 Å². The van der Waals surface area contributed by atoms with E-state index < -0.39 is 21.3 Å². The molecule has 1 saturated heterocycles. The Morgan fingerprint density at radius 3 is 2.33 bits per heavy atom. The van der Waals surface area contributed by atoms with Crippen LogP contribution in [0.2, 0.25) is 0 Å². The first-order valence-corrected chi connectivity index (χ1v) is 10.7. The number of carbonyl (C=O) groups excluding carboxylic acids is 1. The van der Waals surface area contributed by atoms with Gasteiger partial charge in [-0.3, -0.25) is 4.18 Å². The van der Waals surface area contributed by atoms with E-state index in [9.17, 15) is 13.2 Å². The van der Waals surface area contributed by atoms with E-state index >= 15 is 0 Å². The summed E-state index contributed by atoms with van der Waals surface area (Å²) in [6.07, 6.45) is 0.987. The fourth-order valence-corrected chi connectivity index (χ4v) is 4.27. The Kier molecular flexibility index (Phi) is 6.26. The zero-order valence-corrected chi connectivity index (χ0v) is 17.9. The van der Waals surface area contributed by atoms with Crippen molar-refractivity contribution in [2.24, 2.45) is 5.92 Å². The topological polar surface area (TPSA) is 72.9 Å². The van der Waals surface area contributed by atoms with E-state index in [4.69, 9.17) is 8.92 Å². The largest absolute Gasteiger partial charge is 0.444 e. The minimum atomic E-state index is -3.77. The molecule has 1 fully saturated rings. The van der Waals surface area contributed by atoms with Crippen molar-refractivity contribution in [3.05, 3.63) is 29.8 Å². The summed E-state index contributed by atoms with van der Waals surface area (Å²) in [5.41, 5.74) is 0.0162. The molecule has 1 aromatic carbocycles. The minimum Gasteiger partial charge on any atom is -0.444 e. The van der Waals surface area contributed by atoms with E-state index in [1.165, 1.54) is 0 Å².